The van der Waals surface area contributed by atoms with Gasteiger partial charge in [0.25, 0.3) is 0 Å². The van der Waals surface area contributed by atoms with Crippen LogP contribution < -0.4 is 4.74 Å². The molecule has 1 aromatic heterocycles. The highest BCUT2D eigenvalue weighted by molar-refractivity contribution is 7.89. The van der Waals surface area contributed by atoms with Crippen LogP contribution in [0, 0.1) is 6.92 Å². The number of hydrogen-bond donors (Lipinski definition) is 0. The highest BCUT2D eigenvalue weighted by atomic mass is 32.2. The van der Waals surface area contributed by atoms with Gasteiger partial charge >= 0.3 is 6.15 Å². The van der Waals surface area contributed by atoms with E-state index in [1.165, 1.54) is 16.5 Å². The van der Waals surface area contributed by atoms with Gasteiger partial charge in [0.15, 0.2) is 0 Å². The third-order valence-corrected chi connectivity index (χ3v) is 7.44. The number of aryl methyl sites for hydroxylation is 1. The lowest BCUT2D eigenvalue weighted by molar-refractivity contribution is -0.191. The molecule has 0 spiro atoms. The van der Waals surface area contributed by atoms with Gasteiger partial charge < -0.3 is 9.30 Å². The number of aromatic nitrogens is 1. The predicted octanol–water partition coefficient (Wildman–Crippen LogP) is 3.79. The summed E-state index contributed by atoms with van der Waals surface area (Å²) in [5.41, 5.74) is 2.49. The smallest absolute Gasteiger partial charge is 0.373 e. The summed E-state index contributed by atoms with van der Waals surface area (Å²) in [6, 6.07) is 15.4. The standard InChI is InChI=1S/C22H26N2O3S.CO2/c1-3-27-19-8-10-20(11-9-19)28(25,26)23-14-12-18(13-15-23)24-16-17(2)21-6-4-5-7-22(21)24;2-1-3/h4-11,16,18H,3,12-15H2,1-2H3;. The van der Waals surface area contributed by atoms with Crippen LogP contribution in [0.2, 0.25) is 0 Å². The average molecular weight is 443 g/mol. The molecule has 164 valence electrons. The van der Waals surface area contributed by atoms with E-state index < -0.39 is 10.0 Å². The van der Waals surface area contributed by atoms with E-state index in [0.29, 0.717) is 36.4 Å². The molecule has 1 aliphatic rings. The third-order valence-electron chi connectivity index (χ3n) is 5.53. The van der Waals surface area contributed by atoms with Crippen molar-refractivity contribution in [1.29, 1.82) is 0 Å². The zero-order valence-electron chi connectivity index (χ0n) is 17.7. The van der Waals surface area contributed by atoms with Crippen LogP contribution >= 0.6 is 0 Å². The summed E-state index contributed by atoms with van der Waals surface area (Å²) in [6.45, 7) is 5.67. The fraction of sp³-hybridized carbons (Fsp3) is 0.348. The normalized spacial score (nSPS) is 15.2. The van der Waals surface area contributed by atoms with Gasteiger partial charge in [-0.15, -0.1) is 0 Å². The molecule has 7 nitrogen and oxygen atoms in total. The van der Waals surface area contributed by atoms with Crippen molar-refractivity contribution in [1.82, 2.24) is 8.87 Å². The minimum Gasteiger partial charge on any atom is -0.494 e. The maximum atomic E-state index is 13.0. The molecule has 0 unspecified atom stereocenters. The molecule has 0 amide bonds. The molecule has 31 heavy (non-hydrogen) atoms. The number of sulfonamides is 1. The van der Waals surface area contributed by atoms with Gasteiger partial charge in [-0.1, -0.05) is 18.2 Å². The van der Waals surface area contributed by atoms with E-state index in [1.807, 2.05) is 6.92 Å². The van der Waals surface area contributed by atoms with Gasteiger partial charge in [-0.3, -0.25) is 0 Å². The van der Waals surface area contributed by atoms with Crippen LogP contribution in [0.25, 0.3) is 10.9 Å². The Labute approximate surface area is 182 Å². The SMILES string of the molecule is CCOc1ccc(S(=O)(=O)N2CCC(n3cc(C)c4ccccc43)CC2)cc1.O=C=O. The van der Waals surface area contributed by atoms with Crippen LogP contribution in [0.4, 0.5) is 0 Å². The van der Waals surface area contributed by atoms with Crippen molar-refractivity contribution in [2.45, 2.75) is 37.6 Å². The fourth-order valence-corrected chi connectivity index (χ4v) is 5.54. The number of para-hydroxylation sites is 1. The number of benzene rings is 2. The van der Waals surface area contributed by atoms with Crippen molar-refractivity contribution in [2.75, 3.05) is 19.7 Å². The molecule has 1 saturated heterocycles. The molecule has 0 saturated carbocycles. The molecule has 8 heteroatoms. The molecule has 0 N–H and O–H groups in total. The van der Waals surface area contributed by atoms with Crippen LogP contribution in [0.5, 0.6) is 5.75 Å². The van der Waals surface area contributed by atoms with E-state index in [0.717, 1.165) is 12.8 Å². The highest BCUT2D eigenvalue weighted by Crippen LogP contribution is 2.32. The zero-order chi connectivity index (χ0) is 22.4. The van der Waals surface area contributed by atoms with E-state index in [9.17, 15) is 8.42 Å². The summed E-state index contributed by atoms with van der Waals surface area (Å²) < 4.78 is 35.3. The molecular weight excluding hydrogens is 416 g/mol. The summed E-state index contributed by atoms with van der Waals surface area (Å²) in [7, 11) is -3.47. The monoisotopic (exact) mass is 442 g/mol. The van der Waals surface area contributed by atoms with E-state index in [4.69, 9.17) is 14.3 Å². The first-order valence-corrected chi connectivity index (χ1v) is 11.6. The molecule has 1 aliphatic heterocycles. The first kappa shape index (κ1) is 22.7. The second kappa shape index (κ2) is 9.92. The number of ether oxygens (including phenoxy) is 1. The number of nitrogens with zero attached hydrogens (tertiary/aromatic N) is 2. The molecule has 0 aliphatic carbocycles. The Morgan fingerprint density at radius 1 is 1.03 bits per heavy atom. The summed E-state index contributed by atoms with van der Waals surface area (Å²) in [6.07, 6.45) is 4.08. The number of piperidine rings is 1. The number of carbonyl (C=O) groups excluding carboxylic acids is 2. The minimum atomic E-state index is -3.47. The lowest BCUT2D eigenvalue weighted by Crippen LogP contribution is -2.38. The predicted molar refractivity (Wildman–Crippen MR) is 116 cm³/mol. The topological polar surface area (TPSA) is 85.7 Å². The summed E-state index contributed by atoms with van der Waals surface area (Å²) in [4.78, 5) is 16.6. The lowest BCUT2D eigenvalue weighted by Gasteiger charge is -2.32. The van der Waals surface area contributed by atoms with Crippen molar-refractivity contribution in [3.05, 3.63) is 60.3 Å². The fourth-order valence-electron chi connectivity index (χ4n) is 4.07. The lowest BCUT2D eigenvalue weighted by atomic mass is 10.1. The summed E-state index contributed by atoms with van der Waals surface area (Å²) >= 11 is 0. The van der Waals surface area contributed by atoms with Crippen LogP contribution in [0.3, 0.4) is 0 Å². The maximum Gasteiger partial charge on any atom is 0.373 e. The van der Waals surface area contributed by atoms with E-state index in [1.54, 1.807) is 28.6 Å². The van der Waals surface area contributed by atoms with E-state index in [-0.39, 0.29) is 6.15 Å². The van der Waals surface area contributed by atoms with Gasteiger partial charge in [-0.05, 0) is 62.6 Å². The third kappa shape index (κ3) is 4.88. The largest absolute Gasteiger partial charge is 0.494 e. The Balaban J connectivity index is 0.000000858. The highest BCUT2D eigenvalue weighted by Gasteiger charge is 2.30. The molecule has 0 bridgehead atoms. The Kier molecular flexibility index (Phi) is 7.28. The number of hydrogen-bond acceptors (Lipinski definition) is 5. The molecule has 2 aromatic carbocycles. The Bertz CT molecular complexity index is 1150. The maximum absolute atomic E-state index is 13.0. The summed E-state index contributed by atoms with van der Waals surface area (Å²) in [5, 5.41) is 1.27. The molecule has 1 fully saturated rings. The molecule has 3 aromatic rings. The van der Waals surface area contributed by atoms with Crippen LogP contribution in [-0.4, -0.2) is 43.1 Å². The van der Waals surface area contributed by atoms with Crippen molar-refractivity contribution in [3.8, 4) is 5.75 Å². The van der Waals surface area contributed by atoms with Gasteiger partial charge in [0, 0.05) is 36.2 Å². The number of fused-ring (bicyclic) bond motifs is 1. The van der Waals surface area contributed by atoms with E-state index in [2.05, 4.69) is 42.0 Å². The minimum absolute atomic E-state index is 0.250. The van der Waals surface area contributed by atoms with Gasteiger partial charge in [0.2, 0.25) is 10.0 Å². The van der Waals surface area contributed by atoms with E-state index >= 15 is 0 Å². The van der Waals surface area contributed by atoms with Gasteiger partial charge in [0.1, 0.15) is 5.75 Å². The first-order chi connectivity index (χ1) is 14.9. The van der Waals surface area contributed by atoms with Crippen molar-refractivity contribution < 1.29 is 22.7 Å². The Morgan fingerprint density at radius 2 is 1.65 bits per heavy atom. The number of rotatable bonds is 5. The van der Waals surface area contributed by atoms with Gasteiger partial charge in [0.05, 0.1) is 11.5 Å². The second-order valence-electron chi connectivity index (χ2n) is 7.36. The molecule has 0 radical (unpaired) electrons. The molecule has 4 rings (SSSR count). The van der Waals surface area contributed by atoms with Crippen LogP contribution in [0.1, 0.15) is 31.4 Å². The molecule has 0 atom stereocenters. The average Bonchev–Trinajstić information content (AvgIpc) is 3.12. The van der Waals surface area contributed by atoms with Gasteiger partial charge in [-0.2, -0.15) is 13.9 Å². The quantitative estimate of drug-likeness (QED) is 0.600. The molecule has 2 heterocycles. The van der Waals surface area contributed by atoms with Gasteiger partial charge in [-0.25, -0.2) is 8.42 Å². The van der Waals surface area contributed by atoms with Crippen molar-refractivity contribution >= 4 is 27.1 Å². The van der Waals surface area contributed by atoms with Crippen molar-refractivity contribution in [3.63, 3.8) is 0 Å². The second-order valence-corrected chi connectivity index (χ2v) is 9.30. The van der Waals surface area contributed by atoms with Crippen LogP contribution in [0.15, 0.2) is 59.6 Å². The van der Waals surface area contributed by atoms with Crippen LogP contribution in [-0.2, 0) is 19.6 Å². The summed E-state index contributed by atoms with van der Waals surface area (Å²) in [5.74, 6) is 0.690. The Morgan fingerprint density at radius 3 is 2.26 bits per heavy atom. The molecular formula is C23H26N2O5S. The zero-order valence-corrected chi connectivity index (χ0v) is 18.5. The first-order valence-electron chi connectivity index (χ1n) is 10.2. The Hall–Kier alpha value is -2.93. The van der Waals surface area contributed by atoms with Crippen molar-refractivity contribution in [2.24, 2.45) is 0 Å².